The number of hydrogen-bond acceptors (Lipinski definition) is 4. The van der Waals surface area contributed by atoms with E-state index in [1.54, 1.807) is 6.07 Å². The molecule has 8 heteroatoms. The number of nitrogens with zero attached hydrogens (tertiary/aromatic N) is 1. The maximum Gasteiger partial charge on any atom is 0.704 e. The van der Waals surface area contributed by atoms with Gasteiger partial charge in [0.25, 0.3) is 0 Å². The second-order valence-corrected chi connectivity index (χ2v) is 4.66. The molecule has 0 fully saturated rings. The molecule has 0 saturated heterocycles. The average Bonchev–Trinajstić information content (AvgIpc) is 2.04. The standard InChI is InChI=1S/C5H5NO5P2/c7-12(8)11-13(9,10)5-3-1-2-4-6-5/h1-4H,(H-,7,8,9,10)/p+1. The van der Waals surface area contributed by atoms with E-state index < -0.39 is 15.9 Å². The van der Waals surface area contributed by atoms with Crippen molar-refractivity contribution in [1.29, 1.82) is 0 Å². The summed E-state index contributed by atoms with van der Waals surface area (Å²) in [5.41, 5.74) is -0.257. The molecular formula is C5H6NO5P2+. The Hall–Kier alpha value is -0.640. The summed E-state index contributed by atoms with van der Waals surface area (Å²) in [6.07, 6.45) is 1.28. The molecule has 70 valence electrons. The smallest absolute Gasteiger partial charge is 0.317 e. The molecule has 0 saturated carbocycles. The van der Waals surface area contributed by atoms with Crippen molar-refractivity contribution in [2.75, 3.05) is 0 Å². The van der Waals surface area contributed by atoms with Crippen molar-refractivity contribution in [1.82, 2.24) is 4.98 Å². The van der Waals surface area contributed by atoms with Crippen LogP contribution >= 0.6 is 15.9 Å². The Balaban J connectivity index is 2.95. The first-order chi connectivity index (χ1) is 6.02. The molecular weight excluding hydrogens is 216 g/mol. The monoisotopic (exact) mass is 222 g/mol. The molecule has 0 aliphatic heterocycles. The Morgan fingerprint density at radius 3 is 2.69 bits per heavy atom. The maximum absolute atomic E-state index is 11.2. The van der Waals surface area contributed by atoms with Gasteiger partial charge in [-0.15, -0.1) is 4.89 Å². The van der Waals surface area contributed by atoms with E-state index >= 15 is 0 Å². The largest absolute Gasteiger partial charge is 0.704 e. The van der Waals surface area contributed by atoms with Crippen LogP contribution in [-0.4, -0.2) is 14.8 Å². The fourth-order valence-electron chi connectivity index (χ4n) is 0.657. The molecule has 0 radical (unpaired) electrons. The van der Waals surface area contributed by atoms with E-state index in [-0.39, 0.29) is 5.44 Å². The minimum Gasteiger partial charge on any atom is -0.317 e. The predicted octanol–water partition coefficient (Wildman–Crippen LogP) is 0.559. The number of rotatable bonds is 3. The van der Waals surface area contributed by atoms with E-state index in [2.05, 4.69) is 9.29 Å². The first-order valence-electron chi connectivity index (χ1n) is 3.12. The van der Waals surface area contributed by atoms with Crippen LogP contribution in [0.3, 0.4) is 0 Å². The summed E-state index contributed by atoms with van der Waals surface area (Å²) in [5.74, 6) is 0. The molecule has 6 nitrogen and oxygen atoms in total. The van der Waals surface area contributed by atoms with Gasteiger partial charge in [0.1, 0.15) is 0 Å². The highest BCUT2D eigenvalue weighted by molar-refractivity contribution is 7.66. The summed E-state index contributed by atoms with van der Waals surface area (Å²) < 4.78 is 25.2. The zero-order chi connectivity index (χ0) is 9.90. The molecule has 2 unspecified atom stereocenters. The first-order valence-corrected chi connectivity index (χ1v) is 5.83. The van der Waals surface area contributed by atoms with Crippen molar-refractivity contribution >= 4 is 21.3 Å². The van der Waals surface area contributed by atoms with Gasteiger partial charge in [0.15, 0.2) is 5.44 Å². The van der Waals surface area contributed by atoms with Crippen molar-refractivity contribution in [3.8, 4) is 0 Å². The van der Waals surface area contributed by atoms with Gasteiger partial charge in [0, 0.05) is 10.8 Å². The van der Waals surface area contributed by atoms with Gasteiger partial charge in [-0.2, -0.15) is 0 Å². The maximum atomic E-state index is 11.2. The zero-order valence-corrected chi connectivity index (χ0v) is 8.06. The van der Waals surface area contributed by atoms with Crippen LogP contribution in [-0.2, 0) is 13.4 Å². The minimum atomic E-state index is -4.25. The number of hydrogen-bond donors (Lipinski definition) is 2. The number of pyridine rings is 1. The van der Waals surface area contributed by atoms with Gasteiger partial charge in [-0.25, -0.2) is 9.55 Å². The van der Waals surface area contributed by atoms with Crippen LogP contribution in [0.2, 0.25) is 0 Å². The molecule has 0 aliphatic rings. The Kier molecular flexibility index (Phi) is 3.25. The topological polar surface area (TPSA) is 96.7 Å². The van der Waals surface area contributed by atoms with E-state index in [0.29, 0.717) is 0 Å². The van der Waals surface area contributed by atoms with E-state index in [1.165, 1.54) is 18.3 Å². The van der Waals surface area contributed by atoms with Crippen molar-refractivity contribution < 1.29 is 23.2 Å². The highest BCUT2D eigenvalue weighted by atomic mass is 31.2. The molecule has 0 aliphatic carbocycles. The Morgan fingerprint density at radius 1 is 1.54 bits per heavy atom. The molecule has 0 amide bonds. The summed E-state index contributed by atoms with van der Waals surface area (Å²) in [4.78, 5) is 20.9. The van der Waals surface area contributed by atoms with Crippen LogP contribution in [0.5, 0.6) is 0 Å². The summed E-state index contributed by atoms with van der Waals surface area (Å²) in [6.45, 7) is 0. The fraction of sp³-hybridized carbons (Fsp3) is 0. The Labute approximate surface area is 74.7 Å². The molecule has 1 heterocycles. The molecule has 1 rings (SSSR count). The summed E-state index contributed by atoms with van der Waals surface area (Å²) in [6, 6.07) is 4.25. The van der Waals surface area contributed by atoms with Gasteiger partial charge in [0.05, 0.1) is 0 Å². The summed E-state index contributed by atoms with van der Waals surface area (Å²) in [5, 5.41) is 0. The Morgan fingerprint density at radius 2 is 2.23 bits per heavy atom. The lowest BCUT2D eigenvalue weighted by Gasteiger charge is -2.00. The molecule has 2 atom stereocenters. The van der Waals surface area contributed by atoms with Crippen molar-refractivity contribution in [2.24, 2.45) is 0 Å². The van der Waals surface area contributed by atoms with E-state index in [4.69, 9.17) is 9.79 Å². The van der Waals surface area contributed by atoms with Crippen molar-refractivity contribution in [3.05, 3.63) is 24.4 Å². The van der Waals surface area contributed by atoms with Gasteiger partial charge >= 0.3 is 15.9 Å². The van der Waals surface area contributed by atoms with Gasteiger partial charge in [-0.1, -0.05) is 6.07 Å². The van der Waals surface area contributed by atoms with Gasteiger partial charge in [0.2, 0.25) is 0 Å². The second-order valence-electron chi connectivity index (χ2n) is 2.03. The molecule has 0 spiro atoms. The van der Waals surface area contributed by atoms with E-state index in [9.17, 15) is 9.13 Å². The predicted molar refractivity (Wildman–Crippen MR) is 44.6 cm³/mol. The average molecular weight is 222 g/mol. The normalized spacial score (nSPS) is 16.3. The third kappa shape index (κ3) is 2.95. The summed E-state index contributed by atoms with van der Waals surface area (Å²) in [7, 11) is -7.36. The third-order valence-electron chi connectivity index (χ3n) is 1.12. The van der Waals surface area contributed by atoms with Gasteiger partial charge < -0.3 is 4.89 Å². The van der Waals surface area contributed by atoms with Crippen LogP contribution in [0.25, 0.3) is 0 Å². The highest BCUT2D eigenvalue weighted by Gasteiger charge is 2.35. The molecule has 13 heavy (non-hydrogen) atoms. The van der Waals surface area contributed by atoms with Crippen LogP contribution in [0.15, 0.2) is 24.4 Å². The first kappa shape index (κ1) is 10.4. The molecule has 2 N–H and O–H groups in total. The SMILES string of the molecule is O=[P+](O)OP(=O)(O)c1ccccn1. The molecule has 1 aromatic heterocycles. The van der Waals surface area contributed by atoms with Gasteiger partial charge in [-0.3, -0.25) is 0 Å². The van der Waals surface area contributed by atoms with Crippen LogP contribution in [0.4, 0.5) is 0 Å². The number of aromatic nitrogens is 1. The summed E-state index contributed by atoms with van der Waals surface area (Å²) >= 11 is 0. The van der Waals surface area contributed by atoms with Gasteiger partial charge in [-0.05, 0) is 16.4 Å². The third-order valence-corrected chi connectivity index (χ3v) is 3.41. The van der Waals surface area contributed by atoms with E-state index in [1.807, 2.05) is 0 Å². The minimum absolute atomic E-state index is 0.257. The van der Waals surface area contributed by atoms with Crippen molar-refractivity contribution in [2.45, 2.75) is 0 Å². The van der Waals surface area contributed by atoms with Crippen LogP contribution in [0.1, 0.15) is 0 Å². The van der Waals surface area contributed by atoms with Crippen LogP contribution in [0, 0.1) is 0 Å². The fourth-order valence-corrected chi connectivity index (χ4v) is 2.24. The molecule has 1 aromatic rings. The molecule has 0 bridgehead atoms. The lowest BCUT2D eigenvalue weighted by molar-refractivity contribution is 0.359. The highest BCUT2D eigenvalue weighted by Crippen LogP contribution is 2.47. The quantitative estimate of drug-likeness (QED) is 0.725. The lowest BCUT2D eigenvalue weighted by Crippen LogP contribution is -2.08. The second kappa shape index (κ2) is 4.05. The van der Waals surface area contributed by atoms with E-state index in [0.717, 1.165) is 0 Å². The van der Waals surface area contributed by atoms with Crippen molar-refractivity contribution in [3.63, 3.8) is 0 Å². The lowest BCUT2D eigenvalue weighted by atomic mass is 10.5. The molecule has 0 aromatic carbocycles. The zero-order valence-electron chi connectivity index (χ0n) is 6.27. The van der Waals surface area contributed by atoms with Crippen LogP contribution < -0.4 is 5.44 Å². The Bertz CT molecular complexity index is 353.